The van der Waals surface area contributed by atoms with Crippen molar-refractivity contribution in [3.05, 3.63) is 66.2 Å². The van der Waals surface area contributed by atoms with E-state index >= 15 is 0 Å². The zero-order valence-corrected chi connectivity index (χ0v) is 14.4. The lowest BCUT2D eigenvalue weighted by Crippen LogP contribution is -2.38. The molecule has 0 saturated carbocycles. The van der Waals surface area contributed by atoms with E-state index in [0.29, 0.717) is 13.0 Å². The Balaban J connectivity index is 1.52. The summed E-state index contributed by atoms with van der Waals surface area (Å²) in [5.74, 6) is 0.655. The molecule has 0 saturated heterocycles. The fourth-order valence-corrected chi connectivity index (χ4v) is 2.97. The molecule has 2 aromatic rings. The molecule has 4 nitrogen and oxygen atoms in total. The van der Waals surface area contributed by atoms with Gasteiger partial charge in [-0.3, -0.25) is 9.59 Å². The number of thioether (sulfide) groups is 1. The van der Waals surface area contributed by atoms with E-state index in [1.807, 2.05) is 48.5 Å². The van der Waals surface area contributed by atoms with Gasteiger partial charge < -0.3 is 10.6 Å². The zero-order chi connectivity index (χ0) is 17.0. The molecule has 0 radical (unpaired) electrons. The van der Waals surface area contributed by atoms with Crippen LogP contribution < -0.4 is 10.6 Å². The Hall–Kier alpha value is -2.27. The van der Waals surface area contributed by atoms with Gasteiger partial charge in [-0.05, 0) is 29.9 Å². The molecule has 0 aliphatic heterocycles. The summed E-state index contributed by atoms with van der Waals surface area (Å²) in [6.45, 7) is 0.644. The van der Waals surface area contributed by atoms with E-state index in [4.69, 9.17) is 0 Å². The summed E-state index contributed by atoms with van der Waals surface area (Å²) in [7, 11) is 0. The van der Waals surface area contributed by atoms with E-state index in [1.54, 1.807) is 11.8 Å². The largest absolute Gasteiger partial charge is 0.355 e. The molecule has 0 fully saturated rings. The monoisotopic (exact) mass is 342 g/mol. The van der Waals surface area contributed by atoms with Gasteiger partial charge in [0.2, 0.25) is 11.8 Å². The zero-order valence-electron chi connectivity index (χ0n) is 13.5. The van der Waals surface area contributed by atoms with Gasteiger partial charge in [0.1, 0.15) is 0 Å². The van der Waals surface area contributed by atoms with Gasteiger partial charge in [0, 0.05) is 11.4 Å². The fourth-order valence-electron chi connectivity index (χ4n) is 2.09. The molecule has 2 aromatic carbocycles. The van der Waals surface area contributed by atoms with Gasteiger partial charge in [0.15, 0.2) is 0 Å². The normalized spacial score (nSPS) is 10.2. The molecule has 0 aliphatic rings. The molecule has 5 heteroatoms. The maximum Gasteiger partial charge on any atom is 0.239 e. The summed E-state index contributed by atoms with van der Waals surface area (Å²) in [6, 6.07) is 19.7. The minimum absolute atomic E-state index is 0.0253. The van der Waals surface area contributed by atoms with Gasteiger partial charge in [0.05, 0.1) is 13.0 Å². The first-order valence-corrected chi connectivity index (χ1v) is 8.98. The molecule has 0 heterocycles. The minimum Gasteiger partial charge on any atom is -0.355 e. The van der Waals surface area contributed by atoms with Gasteiger partial charge in [0.25, 0.3) is 0 Å². The van der Waals surface area contributed by atoms with E-state index in [1.165, 1.54) is 4.90 Å². The van der Waals surface area contributed by atoms with Crippen LogP contribution in [0.15, 0.2) is 65.6 Å². The quantitative estimate of drug-likeness (QED) is 0.544. The highest BCUT2D eigenvalue weighted by atomic mass is 32.2. The van der Waals surface area contributed by atoms with Crippen molar-refractivity contribution < 1.29 is 9.59 Å². The molecule has 0 aliphatic carbocycles. The second kappa shape index (κ2) is 10.5. The number of carbonyl (C=O) groups excluding carboxylic acids is 2. The van der Waals surface area contributed by atoms with Gasteiger partial charge in [-0.15, -0.1) is 11.8 Å². The number of hydrogen-bond donors (Lipinski definition) is 2. The van der Waals surface area contributed by atoms with Crippen LogP contribution >= 0.6 is 11.8 Å². The van der Waals surface area contributed by atoms with Crippen LogP contribution in [-0.2, 0) is 16.0 Å². The number of rotatable bonds is 9. The Morgan fingerprint density at radius 1 is 0.833 bits per heavy atom. The third-order valence-electron chi connectivity index (χ3n) is 3.31. The Morgan fingerprint density at radius 3 is 2.21 bits per heavy atom. The summed E-state index contributed by atoms with van der Waals surface area (Å²) >= 11 is 1.77. The summed E-state index contributed by atoms with van der Waals surface area (Å²) in [6.07, 6.45) is 1.19. The summed E-state index contributed by atoms with van der Waals surface area (Å²) in [5, 5.41) is 5.46. The Morgan fingerprint density at radius 2 is 1.50 bits per heavy atom. The average molecular weight is 342 g/mol. The van der Waals surface area contributed by atoms with Crippen molar-refractivity contribution in [1.29, 1.82) is 0 Å². The molecular weight excluding hydrogens is 320 g/mol. The highest BCUT2D eigenvalue weighted by Gasteiger charge is 2.06. The molecule has 2 rings (SSSR count). The van der Waals surface area contributed by atoms with Gasteiger partial charge in [-0.2, -0.15) is 0 Å². The van der Waals surface area contributed by atoms with Crippen molar-refractivity contribution in [2.24, 2.45) is 0 Å². The van der Waals surface area contributed by atoms with Gasteiger partial charge >= 0.3 is 0 Å². The number of amides is 2. The minimum atomic E-state index is -0.152. The van der Waals surface area contributed by atoms with Crippen LogP contribution in [0.4, 0.5) is 0 Å². The van der Waals surface area contributed by atoms with Crippen molar-refractivity contribution in [1.82, 2.24) is 10.6 Å². The van der Waals surface area contributed by atoms with E-state index in [9.17, 15) is 9.59 Å². The molecular formula is C19H22N2O2S. The van der Waals surface area contributed by atoms with Crippen molar-refractivity contribution in [2.45, 2.75) is 17.7 Å². The smallest absolute Gasteiger partial charge is 0.239 e. The second-order valence-corrected chi connectivity index (χ2v) is 6.47. The third kappa shape index (κ3) is 7.33. The number of nitrogens with one attached hydrogen (secondary N) is 2. The van der Waals surface area contributed by atoms with Gasteiger partial charge in [-0.25, -0.2) is 0 Å². The topological polar surface area (TPSA) is 58.2 Å². The van der Waals surface area contributed by atoms with E-state index in [2.05, 4.69) is 22.8 Å². The predicted octanol–water partition coefficient (Wildman–Crippen LogP) is 2.64. The van der Waals surface area contributed by atoms with Crippen molar-refractivity contribution in [3.8, 4) is 0 Å². The Kier molecular flexibility index (Phi) is 7.90. The van der Waals surface area contributed by atoms with Crippen molar-refractivity contribution in [3.63, 3.8) is 0 Å². The van der Waals surface area contributed by atoms with Crippen LogP contribution in [0.1, 0.15) is 12.0 Å². The molecule has 0 aromatic heterocycles. The molecule has 126 valence electrons. The maximum atomic E-state index is 11.8. The second-order valence-electron chi connectivity index (χ2n) is 5.30. The summed E-state index contributed by atoms with van der Waals surface area (Å²) in [5.41, 5.74) is 0.938. The summed E-state index contributed by atoms with van der Waals surface area (Å²) < 4.78 is 0. The Labute approximate surface area is 147 Å². The van der Waals surface area contributed by atoms with Crippen molar-refractivity contribution >= 4 is 23.6 Å². The number of benzene rings is 2. The molecule has 0 unspecified atom stereocenters. The molecule has 24 heavy (non-hydrogen) atoms. The van der Waals surface area contributed by atoms with Crippen LogP contribution in [-0.4, -0.2) is 30.7 Å². The molecule has 0 atom stereocenters. The number of hydrogen-bond acceptors (Lipinski definition) is 3. The molecule has 2 N–H and O–H groups in total. The predicted molar refractivity (Wildman–Crippen MR) is 97.9 cm³/mol. The third-order valence-corrected chi connectivity index (χ3v) is 4.41. The standard InChI is InChI=1S/C19H22N2O2S/c22-18(14-16-8-3-1-4-9-16)21-15-19(23)20-12-7-13-24-17-10-5-2-6-11-17/h1-6,8-11H,7,12-15H2,(H,20,23)(H,21,22). The molecule has 0 spiro atoms. The fraction of sp³-hybridized carbons (Fsp3) is 0.263. The SMILES string of the molecule is O=C(CNC(=O)Cc1ccccc1)NCCCSc1ccccc1. The maximum absolute atomic E-state index is 11.8. The first-order valence-electron chi connectivity index (χ1n) is 7.99. The van der Waals surface area contributed by atoms with E-state index in [0.717, 1.165) is 17.7 Å². The average Bonchev–Trinajstić information content (AvgIpc) is 2.61. The molecule has 2 amide bonds. The lowest BCUT2D eigenvalue weighted by molar-refractivity contribution is -0.125. The van der Waals surface area contributed by atoms with Crippen LogP contribution in [0.5, 0.6) is 0 Å². The molecule has 0 bridgehead atoms. The van der Waals surface area contributed by atoms with E-state index in [-0.39, 0.29) is 18.4 Å². The number of carbonyl (C=O) groups is 2. The lowest BCUT2D eigenvalue weighted by atomic mass is 10.1. The Bertz CT molecular complexity index is 632. The van der Waals surface area contributed by atoms with Gasteiger partial charge in [-0.1, -0.05) is 48.5 Å². The van der Waals surface area contributed by atoms with Crippen LogP contribution in [0.3, 0.4) is 0 Å². The highest BCUT2D eigenvalue weighted by molar-refractivity contribution is 7.99. The van der Waals surface area contributed by atoms with Crippen LogP contribution in [0.25, 0.3) is 0 Å². The first kappa shape index (κ1) is 18.1. The first-order chi connectivity index (χ1) is 11.7. The van der Waals surface area contributed by atoms with Crippen LogP contribution in [0, 0.1) is 0 Å². The lowest BCUT2D eigenvalue weighted by Gasteiger charge is -2.07. The summed E-state index contributed by atoms with van der Waals surface area (Å²) in [4.78, 5) is 24.7. The van der Waals surface area contributed by atoms with Crippen LogP contribution in [0.2, 0.25) is 0 Å². The highest BCUT2D eigenvalue weighted by Crippen LogP contribution is 2.17. The van der Waals surface area contributed by atoms with Crippen molar-refractivity contribution in [2.75, 3.05) is 18.8 Å². The van der Waals surface area contributed by atoms with E-state index < -0.39 is 0 Å².